The normalized spacial score (nSPS) is 22.2. The number of rotatable bonds is 2. The molecule has 1 amide bonds. The second kappa shape index (κ2) is 5.94. The van der Waals surface area contributed by atoms with Crippen LogP contribution in [0.1, 0.15) is 12.0 Å². The molecule has 1 heterocycles. The standard InChI is InChI=1S/C14H20N4O2/c1-17-9-12(8-15)18(16)11(7-14(17)20)6-10-2-4-13(19)5-3-10/h2-5,8,11,19H,6-7,9,15-16H2,1H3/p+1/b12-8-/t11-/m0/s1. The van der Waals surface area contributed by atoms with Gasteiger partial charge in [0, 0.05) is 13.5 Å². The summed E-state index contributed by atoms with van der Waals surface area (Å²) in [6.45, 7) is 0.477. The molecule has 0 aromatic heterocycles. The van der Waals surface area contributed by atoms with Crippen molar-refractivity contribution in [3.63, 3.8) is 0 Å². The van der Waals surface area contributed by atoms with E-state index in [1.165, 1.54) is 0 Å². The minimum atomic E-state index is -0.106. The Labute approximate surface area is 118 Å². The van der Waals surface area contributed by atoms with Crippen molar-refractivity contribution in [3.05, 3.63) is 41.7 Å². The predicted octanol–water partition coefficient (Wildman–Crippen LogP) is -0.576. The highest BCUT2D eigenvalue weighted by molar-refractivity contribution is 5.77. The summed E-state index contributed by atoms with van der Waals surface area (Å²) in [4.78, 5) is 13.7. The van der Waals surface area contributed by atoms with Crippen LogP contribution in [0, 0.1) is 0 Å². The Hall–Kier alpha value is -2.05. The first-order valence-corrected chi connectivity index (χ1v) is 6.55. The quantitative estimate of drug-likeness (QED) is 0.630. The first-order chi connectivity index (χ1) is 9.51. The van der Waals surface area contributed by atoms with E-state index in [1.54, 1.807) is 35.3 Å². The summed E-state index contributed by atoms with van der Waals surface area (Å²) in [6, 6.07) is 6.86. The molecule has 2 rings (SSSR count). The van der Waals surface area contributed by atoms with Crippen LogP contribution in [0.2, 0.25) is 0 Å². The SMILES string of the molecule is CN1C/C(=C/[NH3+])N(N)[C@@H](Cc2ccc(O)cc2)CC1=O. The molecule has 1 aliphatic heterocycles. The molecule has 6 nitrogen and oxygen atoms in total. The number of aromatic hydroxyl groups is 1. The molecule has 108 valence electrons. The number of hydrogen-bond acceptors (Lipinski definition) is 4. The number of benzene rings is 1. The Kier molecular flexibility index (Phi) is 4.26. The van der Waals surface area contributed by atoms with E-state index >= 15 is 0 Å². The lowest BCUT2D eigenvalue weighted by Gasteiger charge is -2.27. The van der Waals surface area contributed by atoms with Gasteiger partial charge in [0.1, 0.15) is 17.6 Å². The summed E-state index contributed by atoms with van der Waals surface area (Å²) < 4.78 is 0. The number of nitrogens with zero attached hydrogens (tertiary/aromatic N) is 2. The summed E-state index contributed by atoms with van der Waals surface area (Å²) in [7, 11) is 1.77. The Balaban J connectivity index is 2.19. The molecule has 1 aliphatic rings. The van der Waals surface area contributed by atoms with Crippen molar-refractivity contribution < 1.29 is 15.6 Å². The van der Waals surface area contributed by atoms with E-state index in [9.17, 15) is 9.90 Å². The molecular weight excluding hydrogens is 256 g/mol. The fourth-order valence-electron chi connectivity index (χ4n) is 2.35. The van der Waals surface area contributed by atoms with Crippen LogP contribution >= 0.6 is 0 Å². The molecule has 1 fully saturated rings. The molecule has 20 heavy (non-hydrogen) atoms. The maximum atomic E-state index is 12.0. The molecule has 0 bridgehead atoms. The lowest BCUT2D eigenvalue weighted by molar-refractivity contribution is -0.278. The zero-order chi connectivity index (χ0) is 14.7. The van der Waals surface area contributed by atoms with Crippen molar-refractivity contribution in [1.29, 1.82) is 0 Å². The summed E-state index contributed by atoms with van der Waals surface area (Å²) in [5.41, 5.74) is 5.63. The van der Waals surface area contributed by atoms with Crippen LogP contribution in [0.25, 0.3) is 0 Å². The van der Waals surface area contributed by atoms with E-state index in [0.717, 1.165) is 11.3 Å². The highest BCUT2D eigenvalue weighted by atomic mass is 16.3. The third-order valence-electron chi connectivity index (χ3n) is 3.60. The molecule has 0 spiro atoms. The molecule has 1 saturated heterocycles. The van der Waals surface area contributed by atoms with Gasteiger partial charge in [-0.25, -0.2) is 5.84 Å². The number of carbonyl (C=O) groups excluding carboxylic acids is 1. The zero-order valence-electron chi connectivity index (χ0n) is 11.6. The van der Waals surface area contributed by atoms with Gasteiger partial charge in [0.25, 0.3) is 0 Å². The largest absolute Gasteiger partial charge is 0.508 e. The maximum Gasteiger partial charge on any atom is 0.224 e. The number of phenolic OH excluding ortho intramolecular Hbond substituents is 1. The molecule has 0 radical (unpaired) electrons. The number of amides is 1. The third kappa shape index (κ3) is 3.09. The summed E-state index contributed by atoms with van der Waals surface area (Å²) in [5, 5.41) is 10.9. The third-order valence-corrected chi connectivity index (χ3v) is 3.60. The number of hydrazine groups is 1. The molecule has 6 N–H and O–H groups in total. The van der Waals surface area contributed by atoms with Gasteiger partial charge < -0.3 is 20.7 Å². The van der Waals surface area contributed by atoms with Crippen molar-refractivity contribution in [3.8, 4) is 5.75 Å². The number of likely N-dealkylation sites (N-methyl/N-ethyl adjacent to an activating group) is 1. The number of nitrogens with two attached hydrogens (primary N) is 1. The van der Waals surface area contributed by atoms with Gasteiger partial charge in [-0.2, -0.15) is 0 Å². The maximum absolute atomic E-state index is 12.0. The van der Waals surface area contributed by atoms with Crippen LogP contribution < -0.4 is 11.6 Å². The highest BCUT2D eigenvalue weighted by Gasteiger charge is 2.29. The van der Waals surface area contributed by atoms with Crippen molar-refractivity contribution >= 4 is 5.91 Å². The lowest BCUT2D eigenvalue weighted by atomic mass is 10.0. The van der Waals surface area contributed by atoms with Gasteiger partial charge in [-0.05, 0) is 24.1 Å². The molecule has 0 unspecified atom stereocenters. The van der Waals surface area contributed by atoms with Gasteiger partial charge in [0.2, 0.25) is 5.91 Å². The van der Waals surface area contributed by atoms with Gasteiger partial charge in [-0.15, -0.1) is 0 Å². The molecule has 1 atom stereocenters. The fourth-order valence-corrected chi connectivity index (χ4v) is 2.35. The molecule has 0 saturated carbocycles. The minimum absolute atomic E-state index is 0.0704. The Morgan fingerprint density at radius 1 is 1.45 bits per heavy atom. The van der Waals surface area contributed by atoms with Crippen molar-refractivity contribution in [2.24, 2.45) is 5.84 Å². The fraction of sp³-hybridized carbons (Fsp3) is 0.357. The van der Waals surface area contributed by atoms with Crippen LogP contribution in [-0.4, -0.2) is 40.6 Å². The lowest BCUT2D eigenvalue weighted by Crippen LogP contribution is -2.47. The van der Waals surface area contributed by atoms with Crippen molar-refractivity contribution in [2.75, 3.05) is 13.6 Å². The minimum Gasteiger partial charge on any atom is -0.508 e. The molecule has 1 aromatic carbocycles. The number of phenols is 1. The highest BCUT2D eigenvalue weighted by Crippen LogP contribution is 2.20. The number of hydrogen-bond donors (Lipinski definition) is 3. The van der Waals surface area contributed by atoms with Crippen LogP contribution in [0.15, 0.2) is 36.2 Å². The Bertz CT molecular complexity index is 512. The van der Waals surface area contributed by atoms with E-state index in [1.807, 2.05) is 12.1 Å². The van der Waals surface area contributed by atoms with E-state index in [0.29, 0.717) is 19.4 Å². The van der Waals surface area contributed by atoms with Gasteiger partial charge in [-0.3, -0.25) is 4.79 Å². The zero-order valence-corrected chi connectivity index (χ0v) is 11.6. The smallest absolute Gasteiger partial charge is 0.224 e. The van der Waals surface area contributed by atoms with E-state index in [-0.39, 0.29) is 17.7 Å². The van der Waals surface area contributed by atoms with Gasteiger partial charge in [0.05, 0.1) is 12.6 Å². The Morgan fingerprint density at radius 3 is 2.70 bits per heavy atom. The molecule has 0 aliphatic carbocycles. The summed E-state index contributed by atoms with van der Waals surface area (Å²) in [6.07, 6.45) is 2.71. The van der Waals surface area contributed by atoms with Crippen LogP contribution in [0.5, 0.6) is 5.75 Å². The molecule has 6 heteroatoms. The topological polar surface area (TPSA) is 97.4 Å². The van der Waals surface area contributed by atoms with Crippen molar-refractivity contribution in [2.45, 2.75) is 18.9 Å². The summed E-state index contributed by atoms with van der Waals surface area (Å²) >= 11 is 0. The van der Waals surface area contributed by atoms with E-state index < -0.39 is 0 Å². The number of carbonyl (C=O) groups is 1. The van der Waals surface area contributed by atoms with E-state index in [2.05, 4.69) is 5.73 Å². The average Bonchev–Trinajstić information content (AvgIpc) is 2.53. The van der Waals surface area contributed by atoms with Crippen LogP contribution in [0.3, 0.4) is 0 Å². The van der Waals surface area contributed by atoms with Crippen molar-refractivity contribution in [1.82, 2.24) is 9.91 Å². The van der Waals surface area contributed by atoms with E-state index in [4.69, 9.17) is 5.84 Å². The van der Waals surface area contributed by atoms with Gasteiger partial charge in [-0.1, -0.05) is 12.1 Å². The average molecular weight is 277 g/mol. The van der Waals surface area contributed by atoms with Crippen LogP contribution in [-0.2, 0) is 11.2 Å². The summed E-state index contributed by atoms with van der Waals surface area (Å²) in [5.74, 6) is 6.43. The van der Waals surface area contributed by atoms with Gasteiger partial charge >= 0.3 is 0 Å². The van der Waals surface area contributed by atoms with Crippen LogP contribution in [0.4, 0.5) is 0 Å². The Morgan fingerprint density at radius 2 is 2.10 bits per heavy atom. The van der Waals surface area contributed by atoms with Gasteiger partial charge in [0.15, 0.2) is 0 Å². The monoisotopic (exact) mass is 277 g/mol. The second-order valence-corrected chi connectivity index (χ2v) is 5.08. The molecular formula is C14H21N4O2+. The molecule has 1 aromatic rings. The predicted molar refractivity (Wildman–Crippen MR) is 74.9 cm³/mol. The second-order valence-electron chi connectivity index (χ2n) is 5.08. The first-order valence-electron chi connectivity index (χ1n) is 6.55. The number of quaternary nitrogens is 1. The first kappa shape index (κ1) is 14.4.